The van der Waals surface area contributed by atoms with Crippen LogP contribution in [-0.2, 0) is 4.74 Å². The number of imidazole rings is 1. The lowest BCUT2D eigenvalue weighted by atomic mass is 10.0. The van der Waals surface area contributed by atoms with Gasteiger partial charge in [-0.05, 0) is 26.3 Å². The maximum atomic E-state index is 12.0. The molecular formula is C16H17N3O4. The van der Waals surface area contributed by atoms with E-state index < -0.39 is 16.6 Å². The third-order valence-corrected chi connectivity index (χ3v) is 2.90. The van der Waals surface area contributed by atoms with Crippen molar-refractivity contribution < 1.29 is 14.5 Å². The summed E-state index contributed by atoms with van der Waals surface area (Å²) in [6.07, 6.45) is 2.25. The molecule has 0 spiro atoms. The summed E-state index contributed by atoms with van der Waals surface area (Å²) in [7, 11) is 0. The first kappa shape index (κ1) is 16.4. The molecular weight excluding hydrogens is 298 g/mol. The number of hydrogen-bond acceptors (Lipinski definition) is 5. The van der Waals surface area contributed by atoms with Crippen molar-refractivity contribution in [2.24, 2.45) is 0 Å². The summed E-state index contributed by atoms with van der Waals surface area (Å²) in [4.78, 5) is 26.4. The Balaban J connectivity index is 2.23. The van der Waals surface area contributed by atoms with Crippen molar-refractivity contribution in [3.63, 3.8) is 0 Å². The molecule has 7 heteroatoms. The Kier molecular flexibility index (Phi) is 4.31. The fourth-order valence-corrected chi connectivity index (χ4v) is 1.85. The average Bonchev–Trinajstić information content (AvgIpc) is 2.94. The molecule has 1 heterocycles. The van der Waals surface area contributed by atoms with Crippen LogP contribution in [0.3, 0.4) is 0 Å². The van der Waals surface area contributed by atoms with E-state index in [2.05, 4.69) is 11.6 Å². The van der Waals surface area contributed by atoms with Crippen LogP contribution in [-0.4, -0.2) is 26.2 Å². The second-order valence-electron chi connectivity index (χ2n) is 5.93. The standard InChI is InChI=1S/C16H17N3O4/c1-11(12-6-5-7-13(8-12)19(21)22)14-9-18(10-17-14)15(20)23-16(2,3)4/h5-10H,1H2,2-4H3. The molecule has 2 aromatic rings. The van der Waals surface area contributed by atoms with Crippen molar-refractivity contribution in [3.05, 3.63) is 64.7 Å². The van der Waals surface area contributed by atoms with Gasteiger partial charge in [0.15, 0.2) is 0 Å². The van der Waals surface area contributed by atoms with Crippen molar-refractivity contribution in [1.29, 1.82) is 0 Å². The molecule has 0 atom stereocenters. The number of carbonyl (C=O) groups excluding carboxylic acids is 1. The van der Waals surface area contributed by atoms with Gasteiger partial charge in [-0.1, -0.05) is 18.7 Å². The molecule has 0 aliphatic rings. The molecule has 2 rings (SSSR count). The van der Waals surface area contributed by atoms with E-state index in [0.717, 1.165) is 0 Å². The number of aromatic nitrogens is 2. The minimum atomic E-state index is -0.613. The number of ether oxygens (including phenoxy) is 1. The van der Waals surface area contributed by atoms with Gasteiger partial charge in [-0.25, -0.2) is 14.3 Å². The molecule has 0 aliphatic heterocycles. The number of carbonyl (C=O) groups is 1. The number of benzene rings is 1. The Morgan fingerprint density at radius 3 is 2.70 bits per heavy atom. The van der Waals surface area contributed by atoms with Crippen LogP contribution in [0.25, 0.3) is 5.57 Å². The highest BCUT2D eigenvalue weighted by Crippen LogP contribution is 2.23. The highest BCUT2D eigenvalue weighted by molar-refractivity contribution is 5.78. The highest BCUT2D eigenvalue weighted by Gasteiger charge is 2.19. The molecule has 0 aliphatic carbocycles. The van der Waals surface area contributed by atoms with E-state index in [-0.39, 0.29) is 5.69 Å². The van der Waals surface area contributed by atoms with Crippen LogP contribution >= 0.6 is 0 Å². The fourth-order valence-electron chi connectivity index (χ4n) is 1.85. The molecule has 0 radical (unpaired) electrons. The van der Waals surface area contributed by atoms with Crippen molar-refractivity contribution >= 4 is 17.4 Å². The first-order valence-electron chi connectivity index (χ1n) is 6.89. The van der Waals surface area contributed by atoms with Gasteiger partial charge in [-0.2, -0.15) is 0 Å². The van der Waals surface area contributed by atoms with Crippen molar-refractivity contribution in [2.45, 2.75) is 26.4 Å². The van der Waals surface area contributed by atoms with Crippen LogP contribution in [0.4, 0.5) is 10.5 Å². The summed E-state index contributed by atoms with van der Waals surface area (Å²) < 4.78 is 6.45. The van der Waals surface area contributed by atoms with E-state index in [0.29, 0.717) is 16.8 Å². The first-order valence-corrected chi connectivity index (χ1v) is 6.89. The van der Waals surface area contributed by atoms with Gasteiger partial charge < -0.3 is 4.74 Å². The maximum absolute atomic E-state index is 12.0. The van der Waals surface area contributed by atoms with Crippen LogP contribution in [0, 0.1) is 10.1 Å². The summed E-state index contributed by atoms with van der Waals surface area (Å²) in [6.45, 7) is 9.20. The molecule has 0 saturated heterocycles. The van der Waals surface area contributed by atoms with Gasteiger partial charge in [0.25, 0.3) is 5.69 Å². The summed E-state index contributed by atoms with van der Waals surface area (Å²) in [5.74, 6) is 0. The Morgan fingerprint density at radius 1 is 1.39 bits per heavy atom. The van der Waals surface area contributed by atoms with Gasteiger partial charge in [0, 0.05) is 23.9 Å². The predicted octanol–water partition coefficient (Wildman–Crippen LogP) is 3.64. The van der Waals surface area contributed by atoms with Crippen molar-refractivity contribution in [3.8, 4) is 0 Å². The van der Waals surface area contributed by atoms with E-state index >= 15 is 0 Å². The molecule has 0 saturated carbocycles. The number of nitro benzene ring substituents is 1. The van der Waals surface area contributed by atoms with Gasteiger partial charge >= 0.3 is 6.09 Å². The lowest BCUT2D eigenvalue weighted by molar-refractivity contribution is -0.384. The number of nitrogens with zero attached hydrogens (tertiary/aromatic N) is 3. The van der Waals surface area contributed by atoms with Crippen LogP contribution < -0.4 is 0 Å². The Labute approximate surface area is 133 Å². The number of nitro groups is 1. The van der Waals surface area contributed by atoms with Crippen LogP contribution in [0.1, 0.15) is 32.0 Å². The zero-order chi connectivity index (χ0) is 17.2. The Bertz CT molecular complexity index is 772. The number of non-ortho nitro benzene ring substituents is 1. The van der Waals surface area contributed by atoms with Crippen LogP contribution in [0.2, 0.25) is 0 Å². The molecule has 120 valence electrons. The lowest BCUT2D eigenvalue weighted by Gasteiger charge is -2.19. The second-order valence-corrected chi connectivity index (χ2v) is 5.93. The normalized spacial score (nSPS) is 11.1. The topological polar surface area (TPSA) is 87.3 Å². The number of rotatable bonds is 3. The first-order chi connectivity index (χ1) is 10.7. The van der Waals surface area contributed by atoms with E-state index in [1.165, 1.54) is 29.2 Å². The van der Waals surface area contributed by atoms with E-state index in [1.807, 2.05) is 0 Å². The molecule has 0 bridgehead atoms. The van der Waals surface area contributed by atoms with Gasteiger partial charge in [0.05, 0.1) is 10.6 Å². The third kappa shape index (κ3) is 4.03. The summed E-state index contributed by atoms with van der Waals surface area (Å²) in [6, 6.07) is 6.08. The molecule has 7 nitrogen and oxygen atoms in total. The SMILES string of the molecule is C=C(c1cccc([N+](=O)[O-])c1)c1cn(C(=O)OC(C)(C)C)cn1. The van der Waals surface area contributed by atoms with Crippen LogP contribution in [0.5, 0.6) is 0 Å². The predicted molar refractivity (Wildman–Crippen MR) is 85.1 cm³/mol. The molecule has 23 heavy (non-hydrogen) atoms. The third-order valence-electron chi connectivity index (χ3n) is 2.90. The van der Waals surface area contributed by atoms with E-state index in [4.69, 9.17) is 4.74 Å². The number of hydrogen-bond donors (Lipinski definition) is 0. The van der Waals surface area contributed by atoms with E-state index in [1.54, 1.807) is 32.9 Å². The minimum absolute atomic E-state index is 0.0322. The highest BCUT2D eigenvalue weighted by atomic mass is 16.6. The average molecular weight is 315 g/mol. The quantitative estimate of drug-likeness (QED) is 0.637. The lowest BCUT2D eigenvalue weighted by Crippen LogP contribution is -2.26. The summed E-state index contributed by atoms with van der Waals surface area (Å²) >= 11 is 0. The van der Waals surface area contributed by atoms with Crippen LogP contribution in [0.15, 0.2) is 43.4 Å². The monoisotopic (exact) mass is 315 g/mol. The molecule has 1 aromatic carbocycles. The maximum Gasteiger partial charge on any atom is 0.419 e. The summed E-state index contributed by atoms with van der Waals surface area (Å²) in [5.41, 5.74) is 0.842. The zero-order valence-corrected chi connectivity index (χ0v) is 13.1. The molecule has 1 aromatic heterocycles. The van der Waals surface area contributed by atoms with Gasteiger partial charge in [0.1, 0.15) is 11.9 Å². The largest absolute Gasteiger partial charge is 0.443 e. The van der Waals surface area contributed by atoms with Gasteiger partial charge in [-0.15, -0.1) is 0 Å². The van der Waals surface area contributed by atoms with Gasteiger partial charge in [-0.3, -0.25) is 10.1 Å². The molecule has 0 unspecified atom stereocenters. The van der Waals surface area contributed by atoms with Crippen molar-refractivity contribution in [2.75, 3.05) is 0 Å². The molecule has 0 amide bonds. The smallest absolute Gasteiger partial charge is 0.419 e. The Morgan fingerprint density at radius 2 is 2.09 bits per heavy atom. The minimum Gasteiger partial charge on any atom is -0.443 e. The Hall–Kier alpha value is -2.96. The molecule has 0 N–H and O–H groups in total. The van der Waals surface area contributed by atoms with Gasteiger partial charge in [0.2, 0.25) is 0 Å². The zero-order valence-electron chi connectivity index (χ0n) is 13.1. The second kappa shape index (κ2) is 6.04. The molecule has 0 fully saturated rings. The fraction of sp³-hybridized carbons (Fsp3) is 0.250. The van der Waals surface area contributed by atoms with Crippen molar-refractivity contribution in [1.82, 2.24) is 9.55 Å². The van der Waals surface area contributed by atoms with E-state index in [9.17, 15) is 14.9 Å². The summed E-state index contributed by atoms with van der Waals surface area (Å²) in [5, 5.41) is 10.8.